The van der Waals surface area contributed by atoms with Gasteiger partial charge in [0.1, 0.15) is 17.0 Å². The predicted octanol–water partition coefficient (Wildman–Crippen LogP) is 2.66. The number of anilines is 1. The maximum absolute atomic E-state index is 12.5. The smallest absolute Gasteiger partial charge is 0.261 e. The van der Waals surface area contributed by atoms with Crippen LogP contribution in [0.3, 0.4) is 0 Å². The third kappa shape index (κ3) is 5.15. The molecular weight excluding hydrogens is 362 g/mol. The van der Waals surface area contributed by atoms with Crippen LogP contribution < -0.4 is 10.6 Å². The van der Waals surface area contributed by atoms with Gasteiger partial charge >= 0.3 is 0 Å². The molecule has 8 heteroatoms. The van der Waals surface area contributed by atoms with E-state index in [1.807, 2.05) is 6.92 Å². The van der Waals surface area contributed by atoms with Crippen molar-refractivity contribution in [2.24, 2.45) is 0 Å². The van der Waals surface area contributed by atoms with Gasteiger partial charge in [-0.15, -0.1) is 11.3 Å². The summed E-state index contributed by atoms with van der Waals surface area (Å²) in [4.78, 5) is 25.3. The molecule has 27 heavy (non-hydrogen) atoms. The second kappa shape index (κ2) is 9.96. The van der Waals surface area contributed by atoms with Gasteiger partial charge in [0, 0.05) is 26.2 Å². The molecule has 0 unspecified atom stereocenters. The number of rotatable bonds is 9. The zero-order valence-corrected chi connectivity index (χ0v) is 17.0. The van der Waals surface area contributed by atoms with Crippen molar-refractivity contribution in [3.05, 3.63) is 16.8 Å². The molecule has 3 rings (SSSR count). The largest absolute Gasteiger partial charge is 0.379 e. The van der Waals surface area contributed by atoms with Gasteiger partial charge in [-0.05, 0) is 31.9 Å². The number of ether oxygens (including phenoxy) is 1. The number of aryl methyl sites for hydroxylation is 1. The highest BCUT2D eigenvalue weighted by Crippen LogP contribution is 2.33. The lowest BCUT2D eigenvalue weighted by molar-refractivity contribution is 0.0378. The van der Waals surface area contributed by atoms with Crippen molar-refractivity contribution in [3.63, 3.8) is 0 Å². The summed E-state index contributed by atoms with van der Waals surface area (Å²) in [5.74, 6) is 0.811. The number of thiophene rings is 1. The van der Waals surface area contributed by atoms with Crippen molar-refractivity contribution >= 4 is 33.3 Å². The van der Waals surface area contributed by atoms with Crippen molar-refractivity contribution in [1.29, 1.82) is 0 Å². The number of nitrogens with one attached hydrogen (secondary N) is 2. The van der Waals surface area contributed by atoms with Gasteiger partial charge in [0.25, 0.3) is 5.91 Å². The second-order valence-electron chi connectivity index (χ2n) is 6.80. The van der Waals surface area contributed by atoms with E-state index in [9.17, 15) is 4.79 Å². The molecule has 3 heterocycles. The molecule has 1 aliphatic heterocycles. The molecular formula is C19H29N5O2S. The maximum Gasteiger partial charge on any atom is 0.261 e. The number of unbranched alkanes of at least 4 members (excludes halogenated alkanes) is 1. The Balaban J connectivity index is 1.62. The number of nitrogens with zero attached hydrogens (tertiary/aromatic N) is 3. The van der Waals surface area contributed by atoms with Gasteiger partial charge in [-0.2, -0.15) is 0 Å². The molecule has 1 amide bonds. The Kier molecular flexibility index (Phi) is 7.37. The number of hydrogen-bond donors (Lipinski definition) is 2. The molecule has 2 aromatic heterocycles. The third-order valence-electron chi connectivity index (χ3n) is 4.80. The number of aromatic nitrogens is 2. The average molecular weight is 392 g/mol. The highest BCUT2D eigenvalue weighted by Gasteiger charge is 2.19. The molecule has 0 bridgehead atoms. The monoisotopic (exact) mass is 391 g/mol. The van der Waals surface area contributed by atoms with Crippen LogP contribution in [0.2, 0.25) is 0 Å². The number of hydrogen-bond acceptors (Lipinski definition) is 7. The first kappa shape index (κ1) is 20.0. The zero-order valence-electron chi connectivity index (χ0n) is 16.2. The Morgan fingerprint density at radius 2 is 2.07 bits per heavy atom. The number of morpholine rings is 1. The SMILES string of the molecule is CCCCNC(=O)c1sc2ncnc(NCCCN3CCOCC3)c2c1C. The van der Waals surface area contributed by atoms with Crippen molar-refractivity contribution in [2.75, 3.05) is 51.3 Å². The Hall–Kier alpha value is -1.77. The highest BCUT2D eigenvalue weighted by molar-refractivity contribution is 7.20. The summed E-state index contributed by atoms with van der Waals surface area (Å²) in [5, 5.41) is 7.40. The molecule has 0 saturated carbocycles. The Bertz CT molecular complexity index is 758. The van der Waals surface area contributed by atoms with Gasteiger partial charge in [-0.25, -0.2) is 9.97 Å². The molecule has 1 fully saturated rings. The van der Waals surface area contributed by atoms with Gasteiger partial charge in [-0.3, -0.25) is 9.69 Å². The zero-order chi connectivity index (χ0) is 19.1. The van der Waals surface area contributed by atoms with Gasteiger partial charge < -0.3 is 15.4 Å². The number of amides is 1. The number of carbonyl (C=O) groups excluding carboxylic acids is 1. The topological polar surface area (TPSA) is 79.4 Å². The molecule has 0 aliphatic carbocycles. The van der Waals surface area contributed by atoms with Gasteiger partial charge in [0.05, 0.1) is 23.5 Å². The lowest BCUT2D eigenvalue weighted by atomic mass is 10.2. The third-order valence-corrected chi connectivity index (χ3v) is 5.99. The Labute approximate surface area is 164 Å². The first-order chi connectivity index (χ1) is 13.2. The molecule has 0 spiro atoms. The van der Waals surface area contributed by atoms with E-state index in [1.165, 1.54) is 11.3 Å². The summed E-state index contributed by atoms with van der Waals surface area (Å²) >= 11 is 1.44. The summed E-state index contributed by atoms with van der Waals surface area (Å²) in [5.41, 5.74) is 0.959. The van der Waals surface area contributed by atoms with Crippen LogP contribution in [0.4, 0.5) is 5.82 Å². The fraction of sp³-hybridized carbons (Fsp3) is 0.632. The van der Waals surface area contributed by atoms with Crippen LogP contribution in [0.25, 0.3) is 10.2 Å². The van der Waals surface area contributed by atoms with Crippen LogP contribution >= 0.6 is 11.3 Å². The van der Waals surface area contributed by atoms with Crippen LogP contribution in [0.5, 0.6) is 0 Å². The van der Waals surface area contributed by atoms with E-state index in [4.69, 9.17) is 4.74 Å². The first-order valence-electron chi connectivity index (χ1n) is 9.77. The standard InChI is InChI=1S/C19H29N5O2S/c1-3-4-6-21-18(25)16-14(2)15-17(22-13-23-19(15)27-16)20-7-5-8-24-9-11-26-12-10-24/h13H,3-12H2,1-2H3,(H,21,25)(H,20,22,23). The molecule has 0 atom stereocenters. The second-order valence-corrected chi connectivity index (χ2v) is 7.80. The van der Waals surface area contributed by atoms with E-state index in [2.05, 4.69) is 32.4 Å². The summed E-state index contributed by atoms with van der Waals surface area (Å²) in [6, 6.07) is 0. The Morgan fingerprint density at radius 3 is 2.85 bits per heavy atom. The molecule has 7 nitrogen and oxygen atoms in total. The van der Waals surface area contributed by atoms with Gasteiger partial charge in [0.15, 0.2) is 0 Å². The number of carbonyl (C=O) groups is 1. The lowest BCUT2D eigenvalue weighted by Crippen LogP contribution is -2.37. The summed E-state index contributed by atoms with van der Waals surface area (Å²) in [7, 11) is 0. The van der Waals surface area contributed by atoms with Crippen LogP contribution in [0, 0.1) is 6.92 Å². The average Bonchev–Trinajstić information content (AvgIpc) is 3.04. The highest BCUT2D eigenvalue weighted by atomic mass is 32.1. The van der Waals surface area contributed by atoms with Crippen molar-refractivity contribution in [2.45, 2.75) is 33.1 Å². The Morgan fingerprint density at radius 1 is 1.26 bits per heavy atom. The summed E-state index contributed by atoms with van der Waals surface area (Å²) < 4.78 is 5.38. The minimum atomic E-state index is -0.0118. The fourth-order valence-electron chi connectivity index (χ4n) is 3.22. The summed E-state index contributed by atoms with van der Waals surface area (Å²) in [6.45, 7) is 10.4. The molecule has 1 aliphatic rings. The first-order valence-corrected chi connectivity index (χ1v) is 10.6. The van der Waals surface area contributed by atoms with Crippen LogP contribution in [-0.2, 0) is 4.74 Å². The van der Waals surface area contributed by atoms with Crippen LogP contribution in [0.1, 0.15) is 41.4 Å². The van der Waals surface area contributed by atoms with Gasteiger partial charge in [-0.1, -0.05) is 13.3 Å². The minimum Gasteiger partial charge on any atom is -0.379 e. The number of fused-ring (bicyclic) bond motifs is 1. The minimum absolute atomic E-state index is 0.0118. The molecule has 148 valence electrons. The molecule has 0 radical (unpaired) electrons. The van der Waals surface area contributed by atoms with E-state index in [-0.39, 0.29) is 5.91 Å². The lowest BCUT2D eigenvalue weighted by Gasteiger charge is -2.26. The van der Waals surface area contributed by atoms with Gasteiger partial charge in [0.2, 0.25) is 0 Å². The van der Waals surface area contributed by atoms with Crippen LogP contribution in [0.15, 0.2) is 6.33 Å². The fourth-order valence-corrected chi connectivity index (χ4v) is 4.28. The molecule has 2 aromatic rings. The van der Waals surface area contributed by atoms with E-state index in [0.717, 1.165) is 85.1 Å². The normalized spacial score (nSPS) is 15.2. The van der Waals surface area contributed by atoms with E-state index < -0.39 is 0 Å². The molecule has 0 aromatic carbocycles. The maximum atomic E-state index is 12.5. The predicted molar refractivity (Wildman–Crippen MR) is 110 cm³/mol. The van der Waals surface area contributed by atoms with Crippen molar-refractivity contribution < 1.29 is 9.53 Å². The van der Waals surface area contributed by atoms with Crippen LogP contribution in [-0.4, -0.2) is 66.7 Å². The van der Waals surface area contributed by atoms with Crippen molar-refractivity contribution in [3.8, 4) is 0 Å². The quantitative estimate of drug-likeness (QED) is 0.640. The van der Waals surface area contributed by atoms with E-state index in [0.29, 0.717) is 6.54 Å². The molecule has 1 saturated heterocycles. The van der Waals surface area contributed by atoms with E-state index in [1.54, 1.807) is 6.33 Å². The van der Waals surface area contributed by atoms with E-state index >= 15 is 0 Å². The van der Waals surface area contributed by atoms with Crippen molar-refractivity contribution in [1.82, 2.24) is 20.2 Å². The molecule has 2 N–H and O–H groups in total. The summed E-state index contributed by atoms with van der Waals surface area (Å²) in [6.07, 6.45) is 4.67.